The smallest absolute Gasteiger partial charge is 0.348 e. The van der Waals surface area contributed by atoms with Crippen molar-refractivity contribution >= 4 is 45.3 Å². The summed E-state index contributed by atoms with van der Waals surface area (Å²) in [6.45, 7) is 3.68. The summed E-state index contributed by atoms with van der Waals surface area (Å²) in [6, 6.07) is 0. The Balaban J connectivity index is 2.26. The van der Waals surface area contributed by atoms with Crippen molar-refractivity contribution in [2.24, 2.45) is 0 Å². The number of aliphatic carboxylic acids is 1. The van der Waals surface area contributed by atoms with Gasteiger partial charge in [-0.15, -0.1) is 11.3 Å². The molecule has 0 radical (unpaired) electrons. The minimum absolute atomic E-state index is 0.0578. The van der Waals surface area contributed by atoms with E-state index in [0.717, 1.165) is 11.3 Å². The van der Waals surface area contributed by atoms with Crippen LogP contribution in [0.25, 0.3) is 10.2 Å². The highest BCUT2D eigenvalue weighted by atomic mass is 32.2. The largest absolute Gasteiger partial charge is 0.481 e. The number of thiophene rings is 1. The lowest BCUT2D eigenvalue weighted by Crippen LogP contribution is -2.11. The molecule has 0 amide bonds. The van der Waals surface area contributed by atoms with E-state index in [0.29, 0.717) is 38.0 Å². The Morgan fingerprint density at radius 2 is 2.17 bits per heavy atom. The summed E-state index contributed by atoms with van der Waals surface area (Å²) in [5.74, 6) is 0.000352. The summed E-state index contributed by atoms with van der Waals surface area (Å²) in [5, 5.41) is 9.00. The molecule has 0 aliphatic carbocycles. The summed E-state index contributed by atoms with van der Waals surface area (Å²) in [7, 11) is 0. The van der Waals surface area contributed by atoms with Crippen LogP contribution in [-0.4, -0.2) is 39.4 Å². The second kappa shape index (κ2) is 7.60. The highest BCUT2D eigenvalue weighted by Gasteiger charge is 2.20. The molecule has 0 atom stereocenters. The number of carbonyl (C=O) groups excluding carboxylic acids is 1. The van der Waals surface area contributed by atoms with Crippen molar-refractivity contribution in [1.82, 2.24) is 9.97 Å². The fraction of sp³-hybridized carbons (Fsp3) is 0.429. The third-order valence-corrected chi connectivity index (χ3v) is 5.15. The third-order valence-electron chi connectivity index (χ3n) is 3.01. The lowest BCUT2D eigenvalue weighted by molar-refractivity contribution is -0.136. The van der Waals surface area contributed by atoms with Gasteiger partial charge in [-0.3, -0.25) is 9.59 Å². The van der Waals surface area contributed by atoms with Crippen molar-refractivity contribution in [2.45, 2.75) is 26.0 Å². The zero-order valence-electron chi connectivity index (χ0n) is 12.7. The Hall–Kier alpha value is -1.87. The predicted octanol–water partition coefficient (Wildman–Crippen LogP) is 2.18. The molecule has 2 N–H and O–H groups in total. The zero-order chi connectivity index (χ0) is 17.0. The maximum Gasteiger partial charge on any atom is 0.348 e. The number of fused-ring (bicyclic) bond motifs is 1. The first-order chi connectivity index (χ1) is 10.9. The minimum atomic E-state index is -0.859. The molecule has 23 heavy (non-hydrogen) atoms. The molecule has 0 aliphatic heterocycles. The van der Waals surface area contributed by atoms with Gasteiger partial charge in [0.15, 0.2) is 0 Å². The van der Waals surface area contributed by atoms with Gasteiger partial charge >= 0.3 is 11.9 Å². The Labute approximate surface area is 140 Å². The van der Waals surface area contributed by atoms with Crippen LogP contribution in [0.15, 0.2) is 4.79 Å². The molecule has 0 saturated heterocycles. The number of esters is 1. The second-order valence-corrected chi connectivity index (χ2v) is 6.77. The standard InChI is InChI=1S/C14H16N2O5S2/c1-3-21-14(20)11-7(2)10-12(19)15-8(16-13(10)23-11)6-22-5-4-9(17)18/h3-6H2,1-2H3,(H,17,18)(H,15,16,19). The van der Waals surface area contributed by atoms with Crippen LogP contribution in [-0.2, 0) is 15.3 Å². The van der Waals surface area contributed by atoms with Gasteiger partial charge in [0, 0.05) is 5.75 Å². The molecule has 2 aromatic rings. The van der Waals surface area contributed by atoms with Crippen LogP contribution >= 0.6 is 23.1 Å². The first-order valence-corrected chi connectivity index (χ1v) is 8.90. The molecule has 2 heterocycles. The monoisotopic (exact) mass is 356 g/mol. The number of aromatic amines is 1. The first-order valence-electron chi connectivity index (χ1n) is 6.93. The van der Waals surface area contributed by atoms with Crippen molar-refractivity contribution < 1.29 is 19.4 Å². The molecule has 0 bridgehead atoms. The topological polar surface area (TPSA) is 109 Å². The summed E-state index contributed by atoms with van der Waals surface area (Å²) in [6.07, 6.45) is 0.0578. The lowest BCUT2D eigenvalue weighted by Gasteiger charge is -2.00. The number of hydrogen-bond acceptors (Lipinski definition) is 7. The Morgan fingerprint density at radius 3 is 2.83 bits per heavy atom. The number of nitrogens with one attached hydrogen (secondary N) is 1. The summed E-state index contributed by atoms with van der Waals surface area (Å²) >= 11 is 2.51. The quantitative estimate of drug-likeness (QED) is 0.578. The van der Waals surface area contributed by atoms with Gasteiger partial charge in [-0.25, -0.2) is 9.78 Å². The fourth-order valence-corrected chi connectivity index (χ4v) is 3.86. The third kappa shape index (κ3) is 4.11. The number of carboxylic acids is 1. The van der Waals surface area contributed by atoms with Gasteiger partial charge in [0.05, 0.1) is 24.2 Å². The summed E-state index contributed by atoms with van der Waals surface area (Å²) in [4.78, 5) is 42.5. The van der Waals surface area contributed by atoms with E-state index in [1.54, 1.807) is 13.8 Å². The molecular formula is C14H16N2O5S2. The van der Waals surface area contributed by atoms with Crippen molar-refractivity contribution in [3.05, 3.63) is 26.6 Å². The lowest BCUT2D eigenvalue weighted by atomic mass is 10.2. The minimum Gasteiger partial charge on any atom is -0.481 e. The Morgan fingerprint density at radius 1 is 1.43 bits per heavy atom. The van der Waals surface area contributed by atoms with E-state index in [2.05, 4.69) is 9.97 Å². The number of rotatable bonds is 7. The molecule has 124 valence electrons. The maximum atomic E-state index is 12.2. The molecule has 0 fully saturated rings. The van der Waals surface area contributed by atoms with Gasteiger partial charge in [-0.2, -0.15) is 11.8 Å². The molecule has 0 aromatic carbocycles. The fourth-order valence-electron chi connectivity index (χ4n) is 1.98. The van der Waals surface area contributed by atoms with Crippen LogP contribution in [0.1, 0.15) is 34.4 Å². The van der Waals surface area contributed by atoms with Crippen molar-refractivity contribution in [3.8, 4) is 0 Å². The summed E-state index contributed by atoms with van der Waals surface area (Å²) in [5.41, 5.74) is 0.274. The summed E-state index contributed by atoms with van der Waals surface area (Å²) < 4.78 is 4.98. The number of thioether (sulfide) groups is 1. The average molecular weight is 356 g/mol. The molecule has 0 spiro atoms. The highest BCUT2D eigenvalue weighted by molar-refractivity contribution is 7.98. The number of H-pyrrole nitrogens is 1. The van der Waals surface area contributed by atoms with Gasteiger partial charge < -0.3 is 14.8 Å². The first kappa shape index (κ1) is 17.5. The molecule has 9 heteroatoms. The van der Waals surface area contributed by atoms with Crippen LogP contribution in [0.2, 0.25) is 0 Å². The average Bonchev–Trinajstić information content (AvgIpc) is 2.81. The number of ether oxygens (including phenoxy) is 1. The molecule has 2 rings (SSSR count). The van der Waals surface area contributed by atoms with E-state index in [1.165, 1.54) is 11.8 Å². The van der Waals surface area contributed by atoms with Crippen LogP contribution in [0.3, 0.4) is 0 Å². The van der Waals surface area contributed by atoms with Crippen LogP contribution in [0, 0.1) is 6.92 Å². The Bertz CT molecular complexity index is 796. The number of hydrogen-bond donors (Lipinski definition) is 2. The zero-order valence-corrected chi connectivity index (χ0v) is 14.3. The maximum absolute atomic E-state index is 12.2. The van der Waals surface area contributed by atoms with Gasteiger partial charge in [0.2, 0.25) is 0 Å². The number of carbonyl (C=O) groups is 2. The van der Waals surface area contributed by atoms with E-state index in [4.69, 9.17) is 9.84 Å². The molecule has 0 unspecified atom stereocenters. The van der Waals surface area contributed by atoms with Crippen molar-refractivity contribution in [1.29, 1.82) is 0 Å². The second-order valence-electron chi connectivity index (χ2n) is 4.67. The highest BCUT2D eigenvalue weighted by Crippen LogP contribution is 2.28. The van der Waals surface area contributed by atoms with E-state index >= 15 is 0 Å². The van der Waals surface area contributed by atoms with E-state index < -0.39 is 11.9 Å². The predicted molar refractivity (Wildman–Crippen MR) is 89.3 cm³/mol. The Kier molecular flexibility index (Phi) is 5.78. The van der Waals surface area contributed by atoms with Crippen molar-refractivity contribution in [2.75, 3.05) is 12.4 Å². The van der Waals surface area contributed by atoms with Crippen molar-refractivity contribution in [3.63, 3.8) is 0 Å². The molecular weight excluding hydrogens is 340 g/mol. The molecule has 2 aromatic heterocycles. The van der Waals surface area contributed by atoms with E-state index in [9.17, 15) is 14.4 Å². The number of nitrogens with zero attached hydrogens (tertiary/aromatic N) is 1. The SMILES string of the molecule is CCOC(=O)c1sc2nc(CSCCC(=O)O)[nH]c(=O)c2c1C. The molecule has 0 aliphatic rings. The van der Waals surface area contributed by atoms with Gasteiger partial charge in [0.25, 0.3) is 5.56 Å². The van der Waals surface area contributed by atoms with Crippen LogP contribution in [0.4, 0.5) is 0 Å². The molecule has 7 nitrogen and oxygen atoms in total. The van der Waals surface area contributed by atoms with Gasteiger partial charge in [-0.1, -0.05) is 0 Å². The van der Waals surface area contributed by atoms with E-state index in [-0.39, 0.29) is 18.6 Å². The van der Waals surface area contributed by atoms with Crippen LogP contribution < -0.4 is 5.56 Å². The number of aromatic nitrogens is 2. The van der Waals surface area contributed by atoms with E-state index in [1.807, 2.05) is 0 Å². The number of carboxylic acid groups (broad SMARTS) is 1. The normalized spacial score (nSPS) is 10.9. The number of aryl methyl sites for hydroxylation is 1. The van der Waals surface area contributed by atoms with Crippen LogP contribution in [0.5, 0.6) is 0 Å². The molecule has 0 saturated carbocycles. The van der Waals surface area contributed by atoms with Gasteiger partial charge in [0.1, 0.15) is 15.5 Å². The van der Waals surface area contributed by atoms with Gasteiger partial charge in [-0.05, 0) is 19.4 Å².